The van der Waals surface area contributed by atoms with E-state index in [2.05, 4.69) is 22.2 Å². The molecule has 1 atom stereocenters. The van der Waals surface area contributed by atoms with Crippen LogP contribution in [0.5, 0.6) is 5.75 Å². The Kier molecular flexibility index (Phi) is 7.11. The number of amidine groups is 1. The van der Waals surface area contributed by atoms with Gasteiger partial charge >= 0.3 is 0 Å². The largest absolute Gasteiger partial charge is 0.492 e. The van der Waals surface area contributed by atoms with E-state index in [4.69, 9.17) is 15.2 Å². The van der Waals surface area contributed by atoms with E-state index in [1.807, 2.05) is 24.3 Å². The second-order valence-electron chi connectivity index (χ2n) is 6.93. The normalized spacial score (nSPS) is 18.8. The van der Waals surface area contributed by atoms with E-state index in [1.54, 1.807) is 37.2 Å². The third-order valence-electron chi connectivity index (χ3n) is 4.67. The Labute approximate surface area is 175 Å². The molecule has 29 heavy (non-hydrogen) atoms. The molecule has 3 N–H and O–H groups in total. The Hall–Kier alpha value is -2.58. The van der Waals surface area contributed by atoms with Gasteiger partial charge in [-0.2, -0.15) is 0 Å². The molecular weight excluding hydrogens is 388 g/mol. The summed E-state index contributed by atoms with van der Waals surface area (Å²) in [5.74, 6) is 1.27. The molecule has 3 rings (SSSR count). The third kappa shape index (κ3) is 5.71. The van der Waals surface area contributed by atoms with Crippen LogP contribution in [0.3, 0.4) is 0 Å². The predicted molar refractivity (Wildman–Crippen MR) is 117 cm³/mol. The van der Waals surface area contributed by atoms with Gasteiger partial charge in [-0.1, -0.05) is 23.9 Å². The zero-order valence-corrected chi connectivity index (χ0v) is 17.5. The summed E-state index contributed by atoms with van der Waals surface area (Å²) < 4.78 is 10.5. The minimum absolute atomic E-state index is 0.277. The van der Waals surface area contributed by atoms with E-state index in [1.165, 1.54) is 0 Å². The molecule has 0 radical (unpaired) electrons. The number of hydrogen-bond donors (Lipinski definition) is 2. The highest BCUT2D eigenvalue weighted by Crippen LogP contribution is 2.35. The van der Waals surface area contributed by atoms with Crippen LogP contribution in [0.2, 0.25) is 0 Å². The first-order valence-electron chi connectivity index (χ1n) is 9.48. The van der Waals surface area contributed by atoms with Crippen molar-refractivity contribution in [2.75, 3.05) is 31.4 Å². The summed E-state index contributed by atoms with van der Waals surface area (Å²) in [4.78, 5) is 21.4. The summed E-state index contributed by atoms with van der Waals surface area (Å²) in [5, 5.41) is 3.50. The van der Waals surface area contributed by atoms with Crippen LogP contribution in [-0.2, 0) is 10.3 Å². The number of methoxy groups -OCH3 is 1. The maximum absolute atomic E-state index is 12.6. The van der Waals surface area contributed by atoms with Crippen LogP contribution in [-0.4, -0.2) is 42.1 Å². The van der Waals surface area contributed by atoms with Crippen LogP contribution < -0.4 is 15.8 Å². The standard InChI is InChI=1S/C21H26N4O3S/c1-21(9-12-29-20(22)25-21)15-5-3-6-16(13-15)24-19(26)18-8-7-17(14-23-18)28-11-4-10-27-2/h3,5-8,13-14H,4,9-12H2,1-2H3,(H2,22,25)(H,24,26). The average molecular weight is 415 g/mol. The zero-order valence-electron chi connectivity index (χ0n) is 16.7. The van der Waals surface area contributed by atoms with Crippen molar-refractivity contribution < 1.29 is 14.3 Å². The molecule has 0 saturated carbocycles. The smallest absolute Gasteiger partial charge is 0.274 e. The number of nitrogens with one attached hydrogen (secondary N) is 1. The van der Waals surface area contributed by atoms with Gasteiger partial charge in [-0.3, -0.25) is 9.79 Å². The molecule has 1 aliphatic rings. The fourth-order valence-electron chi connectivity index (χ4n) is 3.01. The molecule has 7 nitrogen and oxygen atoms in total. The number of benzene rings is 1. The van der Waals surface area contributed by atoms with Gasteiger partial charge in [0, 0.05) is 31.6 Å². The molecule has 2 heterocycles. The molecule has 1 aromatic carbocycles. The highest BCUT2D eigenvalue weighted by molar-refractivity contribution is 8.13. The fourth-order valence-corrected chi connectivity index (χ4v) is 3.99. The molecule has 154 valence electrons. The van der Waals surface area contributed by atoms with Crippen LogP contribution in [0.25, 0.3) is 0 Å². The Morgan fingerprint density at radius 1 is 1.31 bits per heavy atom. The number of aliphatic imine (C=N–C) groups is 1. The van der Waals surface area contributed by atoms with Crippen LogP contribution in [0.1, 0.15) is 35.8 Å². The van der Waals surface area contributed by atoms with E-state index in [9.17, 15) is 4.79 Å². The minimum atomic E-state index is -0.379. The number of nitrogens with two attached hydrogens (primary N) is 1. The van der Waals surface area contributed by atoms with E-state index in [0.29, 0.717) is 35.5 Å². The van der Waals surface area contributed by atoms with Crippen LogP contribution in [0.15, 0.2) is 47.6 Å². The van der Waals surface area contributed by atoms with Gasteiger partial charge in [0.25, 0.3) is 5.91 Å². The third-order valence-corrected chi connectivity index (χ3v) is 5.46. The molecule has 0 aliphatic carbocycles. The number of carbonyl (C=O) groups excluding carboxylic acids is 1. The van der Waals surface area contributed by atoms with Crippen molar-refractivity contribution in [3.05, 3.63) is 53.9 Å². The van der Waals surface area contributed by atoms with Crippen molar-refractivity contribution in [2.24, 2.45) is 10.7 Å². The number of carbonyl (C=O) groups is 1. The molecule has 2 aromatic rings. The first-order chi connectivity index (χ1) is 14.0. The van der Waals surface area contributed by atoms with Crippen molar-refractivity contribution in [3.63, 3.8) is 0 Å². The summed E-state index contributed by atoms with van der Waals surface area (Å²) >= 11 is 1.57. The summed E-state index contributed by atoms with van der Waals surface area (Å²) in [6, 6.07) is 11.1. The quantitative estimate of drug-likeness (QED) is 0.642. The number of hydrogen-bond acceptors (Lipinski definition) is 7. The Morgan fingerprint density at radius 2 is 2.17 bits per heavy atom. The summed E-state index contributed by atoms with van der Waals surface area (Å²) in [6.45, 7) is 3.24. The highest BCUT2D eigenvalue weighted by Gasteiger charge is 2.29. The van der Waals surface area contributed by atoms with E-state index in [0.717, 1.165) is 24.2 Å². The second kappa shape index (κ2) is 9.76. The molecule has 8 heteroatoms. The van der Waals surface area contributed by atoms with Crippen molar-refractivity contribution in [1.29, 1.82) is 0 Å². The van der Waals surface area contributed by atoms with Gasteiger partial charge in [0.05, 0.1) is 18.3 Å². The molecule has 1 aliphatic heterocycles. The predicted octanol–water partition coefficient (Wildman–Crippen LogP) is 3.42. The van der Waals surface area contributed by atoms with Crippen molar-refractivity contribution >= 4 is 28.5 Å². The Morgan fingerprint density at radius 3 is 2.90 bits per heavy atom. The SMILES string of the molecule is COCCCOc1ccc(C(=O)Nc2cccc(C3(C)CCSC(N)=N3)c2)nc1. The Bertz CT molecular complexity index is 872. The summed E-state index contributed by atoms with van der Waals surface area (Å²) in [6.07, 6.45) is 3.24. The van der Waals surface area contributed by atoms with Crippen LogP contribution >= 0.6 is 11.8 Å². The number of pyridine rings is 1. The first-order valence-corrected chi connectivity index (χ1v) is 10.5. The number of rotatable bonds is 8. The Balaban J connectivity index is 1.64. The molecular formula is C21H26N4O3S. The number of amides is 1. The zero-order chi connectivity index (χ0) is 20.7. The number of aromatic nitrogens is 1. The van der Waals surface area contributed by atoms with Crippen molar-refractivity contribution in [2.45, 2.75) is 25.3 Å². The highest BCUT2D eigenvalue weighted by atomic mass is 32.2. The maximum atomic E-state index is 12.6. The van der Waals surface area contributed by atoms with Gasteiger partial charge in [0.15, 0.2) is 5.17 Å². The maximum Gasteiger partial charge on any atom is 0.274 e. The monoisotopic (exact) mass is 414 g/mol. The van der Waals surface area contributed by atoms with Crippen molar-refractivity contribution in [3.8, 4) is 5.75 Å². The summed E-state index contributed by atoms with van der Waals surface area (Å²) in [7, 11) is 1.65. The lowest BCUT2D eigenvalue weighted by molar-refractivity contribution is 0.102. The lowest BCUT2D eigenvalue weighted by Crippen LogP contribution is -2.28. The summed E-state index contributed by atoms with van der Waals surface area (Å²) in [5.41, 5.74) is 7.58. The van der Waals surface area contributed by atoms with Crippen molar-refractivity contribution in [1.82, 2.24) is 4.98 Å². The van der Waals surface area contributed by atoms with Crippen LogP contribution in [0, 0.1) is 0 Å². The molecule has 0 saturated heterocycles. The van der Waals surface area contributed by atoms with Gasteiger partial charge in [0.1, 0.15) is 11.4 Å². The van der Waals surface area contributed by atoms with E-state index < -0.39 is 0 Å². The second-order valence-corrected chi connectivity index (χ2v) is 8.05. The van der Waals surface area contributed by atoms with E-state index >= 15 is 0 Å². The molecule has 1 unspecified atom stereocenters. The lowest BCUT2D eigenvalue weighted by atomic mass is 9.89. The lowest BCUT2D eigenvalue weighted by Gasteiger charge is -2.30. The van der Waals surface area contributed by atoms with E-state index in [-0.39, 0.29) is 11.4 Å². The minimum Gasteiger partial charge on any atom is -0.492 e. The number of thioether (sulfide) groups is 1. The number of anilines is 1. The first kappa shape index (κ1) is 21.1. The molecule has 0 fully saturated rings. The van der Waals surface area contributed by atoms with Gasteiger partial charge in [-0.05, 0) is 43.2 Å². The number of nitrogens with zero attached hydrogens (tertiary/aromatic N) is 2. The molecule has 0 bridgehead atoms. The van der Waals surface area contributed by atoms with Gasteiger partial charge in [-0.25, -0.2) is 4.98 Å². The topological polar surface area (TPSA) is 98.8 Å². The van der Waals surface area contributed by atoms with Gasteiger partial charge < -0.3 is 20.5 Å². The molecule has 0 spiro atoms. The average Bonchev–Trinajstić information content (AvgIpc) is 2.72. The van der Waals surface area contributed by atoms with Crippen LogP contribution in [0.4, 0.5) is 5.69 Å². The number of ether oxygens (including phenoxy) is 2. The molecule has 1 amide bonds. The molecule has 1 aromatic heterocycles. The van der Waals surface area contributed by atoms with Gasteiger partial charge in [-0.15, -0.1) is 0 Å². The van der Waals surface area contributed by atoms with Gasteiger partial charge in [0.2, 0.25) is 0 Å². The fraction of sp³-hybridized carbons (Fsp3) is 0.381.